The Bertz CT molecular complexity index is 475. The molecule has 0 aromatic heterocycles. The molecule has 1 aromatic carbocycles. The van der Waals surface area contributed by atoms with E-state index < -0.39 is 0 Å². The van der Waals surface area contributed by atoms with E-state index in [0.29, 0.717) is 16.7 Å². The standard InChI is InChI=1S/C14H17BrN2OS/c1-10-4-2-3-9-17(10)14(19)16-13(18)11-5-7-12(15)8-6-11/h5-8,10H,2-4,9H2,1H3,(H,16,18,19). The number of halogens is 1. The van der Waals surface area contributed by atoms with Gasteiger partial charge in [-0.2, -0.15) is 0 Å². The quantitative estimate of drug-likeness (QED) is 0.795. The highest BCUT2D eigenvalue weighted by atomic mass is 79.9. The minimum atomic E-state index is -0.143. The Labute approximate surface area is 127 Å². The lowest BCUT2D eigenvalue weighted by Crippen LogP contribution is -2.48. The molecule has 0 aliphatic carbocycles. The minimum Gasteiger partial charge on any atom is -0.346 e. The lowest BCUT2D eigenvalue weighted by Gasteiger charge is -2.35. The van der Waals surface area contributed by atoms with Crippen molar-refractivity contribution in [2.45, 2.75) is 32.2 Å². The zero-order chi connectivity index (χ0) is 13.8. The van der Waals surface area contributed by atoms with Gasteiger partial charge in [-0.25, -0.2) is 0 Å². The van der Waals surface area contributed by atoms with Crippen molar-refractivity contribution in [1.29, 1.82) is 0 Å². The van der Waals surface area contributed by atoms with E-state index >= 15 is 0 Å². The van der Waals surface area contributed by atoms with Crippen LogP contribution in [-0.4, -0.2) is 28.5 Å². The Balaban J connectivity index is 1.98. The van der Waals surface area contributed by atoms with Crippen LogP contribution in [0.15, 0.2) is 28.7 Å². The number of nitrogens with one attached hydrogen (secondary N) is 1. The third-order valence-electron chi connectivity index (χ3n) is 3.39. The normalized spacial score (nSPS) is 19.1. The van der Waals surface area contributed by atoms with Crippen molar-refractivity contribution in [3.8, 4) is 0 Å². The largest absolute Gasteiger partial charge is 0.346 e. The number of amides is 1. The Morgan fingerprint density at radius 1 is 1.37 bits per heavy atom. The number of thiocarbonyl (C=S) groups is 1. The minimum absolute atomic E-state index is 0.143. The summed E-state index contributed by atoms with van der Waals surface area (Å²) in [5.74, 6) is -0.143. The monoisotopic (exact) mass is 340 g/mol. The first-order valence-electron chi connectivity index (χ1n) is 6.45. The molecule has 102 valence electrons. The zero-order valence-corrected chi connectivity index (χ0v) is 13.3. The summed E-state index contributed by atoms with van der Waals surface area (Å²) in [6, 6.07) is 7.67. The number of rotatable bonds is 1. The molecule has 1 aliphatic heterocycles. The van der Waals surface area contributed by atoms with Crippen LogP contribution in [0.25, 0.3) is 0 Å². The van der Waals surface area contributed by atoms with Gasteiger partial charge in [0.15, 0.2) is 5.11 Å². The molecular formula is C14H17BrN2OS. The molecule has 1 fully saturated rings. The maximum Gasteiger partial charge on any atom is 0.257 e. The predicted molar refractivity (Wildman–Crippen MR) is 84.2 cm³/mol. The van der Waals surface area contributed by atoms with Gasteiger partial charge in [-0.3, -0.25) is 10.1 Å². The average molecular weight is 341 g/mol. The summed E-state index contributed by atoms with van der Waals surface area (Å²) in [6.07, 6.45) is 3.51. The third kappa shape index (κ3) is 3.76. The second-order valence-electron chi connectivity index (χ2n) is 4.80. The number of carbonyl (C=O) groups is 1. The first-order chi connectivity index (χ1) is 9.08. The molecular weight excluding hydrogens is 324 g/mol. The third-order valence-corrected chi connectivity index (χ3v) is 4.26. The van der Waals surface area contributed by atoms with E-state index in [4.69, 9.17) is 12.2 Å². The van der Waals surface area contributed by atoms with Crippen LogP contribution in [-0.2, 0) is 0 Å². The van der Waals surface area contributed by atoms with Gasteiger partial charge in [-0.15, -0.1) is 0 Å². The van der Waals surface area contributed by atoms with Crippen LogP contribution in [0.4, 0.5) is 0 Å². The molecule has 1 aliphatic rings. The molecule has 2 rings (SSSR count). The predicted octanol–water partition coefficient (Wildman–Crippen LogP) is 3.34. The number of likely N-dealkylation sites (tertiary alicyclic amines) is 1. The zero-order valence-electron chi connectivity index (χ0n) is 10.9. The highest BCUT2D eigenvalue weighted by Crippen LogP contribution is 2.16. The highest BCUT2D eigenvalue weighted by molar-refractivity contribution is 9.10. The van der Waals surface area contributed by atoms with Gasteiger partial charge in [-0.1, -0.05) is 15.9 Å². The topological polar surface area (TPSA) is 32.3 Å². The summed E-state index contributed by atoms with van der Waals surface area (Å²) >= 11 is 8.69. The first kappa shape index (κ1) is 14.5. The van der Waals surface area contributed by atoms with Gasteiger partial charge in [0, 0.05) is 22.6 Å². The smallest absolute Gasteiger partial charge is 0.257 e. The van der Waals surface area contributed by atoms with Crippen molar-refractivity contribution in [1.82, 2.24) is 10.2 Å². The Morgan fingerprint density at radius 2 is 2.05 bits per heavy atom. The lowest BCUT2D eigenvalue weighted by atomic mass is 10.0. The molecule has 3 nitrogen and oxygen atoms in total. The molecule has 1 heterocycles. The van der Waals surface area contributed by atoms with Crippen LogP contribution in [0.5, 0.6) is 0 Å². The summed E-state index contributed by atoms with van der Waals surface area (Å²) in [5, 5.41) is 3.36. The SMILES string of the molecule is CC1CCCCN1C(=S)NC(=O)c1ccc(Br)cc1. The molecule has 5 heteroatoms. The van der Waals surface area contributed by atoms with Crippen molar-refractivity contribution in [3.05, 3.63) is 34.3 Å². The summed E-state index contributed by atoms with van der Waals surface area (Å²) in [7, 11) is 0. The molecule has 1 atom stereocenters. The fourth-order valence-electron chi connectivity index (χ4n) is 2.24. The van der Waals surface area contributed by atoms with E-state index in [9.17, 15) is 4.79 Å². The molecule has 19 heavy (non-hydrogen) atoms. The van der Waals surface area contributed by atoms with Gasteiger partial charge < -0.3 is 4.90 Å². The van der Waals surface area contributed by atoms with Gasteiger partial charge >= 0.3 is 0 Å². The molecule has 1 saturated heterocycles. The number of benzene rings is 1. The van der Waals surface area contributed by atoms with Crippen LogP contribution in [0.2, 0.25) is 0 Å². The number of hydrogen-bond acceptors (Lipinski definition) is 2. The van der Waals surface area contributed by atoms with Crippen LogP contribution < -0.4 is 5.32 Å². The van der Waals surface area contributed by atoms with Crippen molar-refractivity contribution >= 4 is 39.2 Å². The molecule has 1 amide bonds. The molecule has 0 spiro atoms. The van der Waals surface area contributed by atoms with Crippen LogP contribution in [0.1, 0.15) is 36.5 Å². The number of nitrogens with zero attached hydrogens (tertiary/aromatic N) is 1. The van der Waals surface area contributed by atoms with Crippen LogP contribution in [0, 0.1) is 0 Å². The second-order valence-corrected chi connectivity index (χ2v) is 6.11. The van der Waals surface area contributed by atoms with Crippen LogP contribution >= 0.6 is 28.1 Å². The van der Waals surface area contributed by atoms with E-state index in [1.54, 1.807) is 12.1 Å². The van der Waals surface area contributed by atoms with Crippen molar-refractivity contribution in [3.63, 3.8) is 0 Å². The highest BCUT2D eigenvalue weighted by Gasteiger charge is 2.21. The van der Waals surface area contributed by atoms with E-state index in [1.807, 2.05) is 12.1 Å². The number of hydrogen-bond donors (Lipinski definition) is 1. The first-order valence-corrected chi connectivity index (χ1v) is 7.65. The summed E-state index contributed by atoms with van der Waals surface area (Å²) in [4.78, 5) is 14.2. The van der Waals surface area contributed by atoms with E-state index in [0.717, 1.165) is 23.9 Å². The Morgan fingerprint density at radius 3 is 2.68 bits per heavy atom. The van der Waals surface area contributed by atoms with Crippen molar-refractivity contribution < 1.29 is 4.79 Å². The molecule has 1 unspecified atom stereocenters. The van der Waals surface area contributed by atoms with Gasteiger partial charge in [0.2, 0.25) is 0 Å². The Kier molecular flexibility index (Phi) is 4.93. The lowest BCUT2D eigenvalue weighted by molar-refractivity contribution is 0.0970. The van der Waals surface area contributed by atoms with Gasteiger partial charge in [0.05, 0.1) is 0 Å². The number of carbonyl (C=O) groups excluding carboxylic acids is 1. The molecule has 1 aromatic rings. The van der Waals surface area contributed by atoms with Crippen LogP contribution in [0.3, 0.4) is 0 Å². The van der Waals surface area contributed by atoms with Gasteiger partial charge in [0.1, 0.15) is 0 Å². The molecule has 0 bridgehead atoms. The maximum absolute atomic E-state index is 12.1. The maximum atomic E-state index is 12.1. The van der Waals surface area contributed by atoms with E-state index in [2.05, 4.69) is 33.1 Å². The van der Waals surface area contributed by atoms with Gasteiger partial charge in [0.25, 0.3) is 5.91 Å². The molecule has 0 saturated carbocycles. The van der Waals surface area contributed by atoms with Crippen molar-refractivity contribution in [2.24, 2.45) is 0 Å². The Hall–Kier alpha value is -0.940. The fraction of sp³-hybridized carbons (Fsp3) is 0.429. The average Bonchev–Trinajstić information content (AvgIpc) is 2.39. The number of piperidine rings is 1. The molecule has 0 radical (unpaired) electrons. The summed E-state index contributed by atoms with van der Waals surface area (Å²) in [6.45, 7) is 3.08. The second kappa shape index (κ2) is 6.48. The summed E-state index contributed by atoms with van der Waals surface area (Å²) in [5.41, 5.74) is 0.621. The molecule has 1 N–H and O–H groups in total. The van der Waals surface area contributed by atoms with E-state index in [1.165, 1.54) is 6.42 Å². The van der Waals surface area contributed by atoms with Gasteiger partial charge in [-0.05, 0) is 62.7 Å². The van der Waals surface area contributed by atoms with Crippen molar-refractivity contribution in [2.75, 3.05) is 6.54 Å². The fourth-order valence-corrected chi connectivity index (χ4v) is 2.87. The van der Waals surface area contributed by atoms with E-state index in [-0.39, 0.29) is 5.91 Å². The summed E-state index contributed by atoms with van der Waals surface area (Å²) < 4.78 is 0.955.